The van der Waals surface area contributed by atoms with Gasteiger partial charge in [0.1, 0.15) is 11.3 Å². The molecule has 0 unspecified atom stereocenters. The van der Waals surface area contributed by atoms with Gasteiger partial charge in [0.15, 0.2) is 17.1 Å². The van der Waals surface area contributed by atoms with Crippen molar-refractivity contribution in [3.05, 3.63) is 58.3 Å². The van der Waals surface area contributed by atoms with Gasteiger partial charge in [-0.15, -0.1) is 5.10 Å². The zero-order valence-corrected chi connectivity index (χ0v) is 15.2. The van der Waals surface area contributed by atoms with E-state index in [9.17, 15) is 0 Å². The van der Waals surface area contributed by atoms with Crippen LogP contribution in [0.3, 0.4) is 0 Å². The van der Waals surface area contributed by atoms with Gasteiger partial charge in [-0.25, -0.2) is 14.5 Å². The SMILES string of the molecule is Cc1cc(C)c2c(n1)nn1c(-c3cc4cc(Br)ccc4o3)ccnc21. The van der Waals surface area contributed by atoms with E-state index in [0.717, 1.165) is 49.2 Å². The number of furan rings is 1. The summed E-state index contributed by atoms with van der Waals surface area (Å²) in [5.74, 6) is 0.752. The Morgan fingerprint density at radius 2 is 1.96 bits per heavy atom. The normalized spacial score (nSPS) is 11.8. The van der Waals surface area contributed by atoms with Gasteiger partial charge in [-0.3, -0.25) is 0 Å². The van der Waals surface area contributed by atoms with Crippen molar-refractivity contribution in [1.29, 1.82) is 0 Å². The van der Waals surface area contributed by atoms with Crippen molar-refractivity contribution in [2.24, 2.45) is 0 Å². The summed E-state index contributed by atoms with van der Waals surface area (Å²) in [6.45, 7) is 4.04. The van der Waals surface area contributed by atoms with Crippen LogP contribution in [0.5, 0.6) is 0 Å². The number of fused-ring (bicyclic) bond motifs is 4. The smallest absolute Gasteiger partial charge is 0.184 e. The number of aryl methyl sites for hydroxylation is 2. The Labute approximate surface area is 151 Å². The molecule has 0 N–H and O–H groups in total. The number of benzene rings is 1. The van der Waals surface area contributed by atoms with Crippen LogP contribution in [0.1, 0.15) is 11.3 Å². The highest BCUT2D eigenvalue weighted by Gasteiger charge is 2.16. The van der Waals surface area contributed by atoms with Gasteiger partial charge in [0, 0.05) is 21.7 Å². The van der Waals surface area contributed by atoms with Gasteiger partial charge >= 0.3 is 0 Å². The van der Waals surface area contributed by atoms with Gasteiger partial charge in [-0.05, 0) is 55.8 Å². The van der Waals surface area contributed by atoms with Crippen LogP contribution in [0.2, 0.25) is 0 Å². The zero-order chi connectivity index (χ0) is 17.1. The summed E-state index contributed by atoms with van der Waals surface area (Å²) in [5.41, 5.74) is 5.26. The second-order valence-electron chi connectivity index (χ2n) is 6.14. The average molecular weight is 393 g/mol. The van der Waals surface area contributed by atoms with E-state index in [1.807, 2.05) is 41.8 Å². The highest BCUT2D eigenvalue weighted by Crippen LogP contribution is 2.31. The van der Waals surface area contributed by atoms with Crippen molar-refractivity contribution in [2.75, 3.05) is 0 Å². The van der Waals surface area contributed by atoms with Crippen molar-refractivity contribution in [2.45, 2.75) is 13.8 Å². The molecule has 0 aliphatic heterocycles. The summed E-state index contributed by atoms with van der Waals surface area (Å²) in [4.78, 5) is 9.08. The van der Waals surface area contributed by atoms with Crippen LogP contribution in [0, 0.1) is 13.8 Å². The molecule has 5 aromatic rings. The maximum atomic E-state index is 6.04. The fourth-order valence-electron chi connectivity index (χ4n) is 3.28. The molecule has 0 saturated heterocycles. The molecule has 0 fully saturated rings. The van der Waals surface area contributed by atoms with Crippen molar-refractivity contribution in [1.82, 2.24) is 19.6 Å². The lowest BCUT2D eigenvalue weighted by Crippen LogP contribution is -1.94. The first kappa shape index (κ1) is 14.6. The van der Waals surface area contributed by atoms with Gasteiger partial charge in [0.05, 0.1) is 5.39 Å². The van der Waals surface area contributed by atoms with Crippen LogP contribution < -0.4 is 0 Å². The number of hydrogen-bond donors (Lipinski definition) is 0. The number of halogens is 1. The monoisotopic (exact) mass is 392 g/mol. The topological polar surface area (TPSA) is 56.2 Å². The summed E-state index contributed by atoms with van der Waals surface area (Å²) in [5, 5.41) is 6.69. The van der Waals surface area contributed by atoms with E-state index >= 15 is 0 Å². The first-order valence-corrected chi connectivity index (χ1v) is 8.70. The third-order valence-corrected chi connectivity index (χ3v) is 4.83. The van der Waals surface area contributed by atoms with Crippen LogP contribution in [0.25, 0.3) is 39.1 Å². The molecule has 0 saturated carbocycles. The molecule has 0 aliphatic carbocycles. The Balaban J connectivity index is 1.84. The second-order valence-corrected chi connectivity index (χ2v) is 7.05. The molecule has 5 nitrogen and oxygen atoms in total. The van der Waals surface area contributed by atoms with E-state index in [1.54, 1.807) is 6.20 Å². The molecule has 4 aromatic heterocycles. The molecule has 25 heavy (non-hydrogen) atoms. The minimum Gasteiger partial charge on any atom is -0.454 e. The molecular formula is C19H13BrN4O. The number of pyridine rings is 1. The molecule has 6 heteroatoms. The highest BCUT2D eigenvalue weighted by atomic mass is 79.9. The molecular weight excluding hydrogens is 380 g/mol. The van der Waals surface area contributed by atoms with Gasteiger partial charge in [0.2, 0.25) is 0 Å². The summed E-state index contributed by atoms with van der Waals surface area (Å²) >= 11 is 3.50. The van der Waals surface area contributed by atoms with Crippen LogP contribution in [-0.2, 0) is 0 Å². The van der Waals surface area contributed by atoms with Crippen LogP contribution >= 0.6 is 15.9 Å². The quantitative estimate of drug-likeness (QED) is 0.399. The summed E-state index contributed by atoms with van der Waals surface area (Å²) in [6.07, 6.45) is 1.79. The minimum atomic E-state index is 0.705. The Morgan fingerprint density at radius 3 is 2.84 bits per heavy atom. The van der Waals surface area contributed by atoms with Crippen LogP contribution in [0.4, 0.5) is 0 Å². The molecule has 1 aromatic carbocycles. The largest absolute Gasteiger partial charge is 0.454 e. The van der Waals surface area contributed by atoms with Gasteiger partial charge in [0.25, 0.3) is 0 Å². The Kier molecular flexibility index (Phi) is 3.00. The van der Waals surface area contributed by atoms with Crippen molar-refractivity contribution in [3.63, 3.8) is 0 Å². The molecule has 0 amide bonds. The third-order valence-electron chi connectivity index (χ3n) is 4.33. The maximum Gasteiger partial charge on any atom is 0.184 e. The Morgan fingerprint density at radius 1 is 1.08 bits per heavy atom. The Bertz CT molecular complexity index is 1290. The summed E-state index contributed by atoms with van der Waals surface area (Å²) in [6, 6.07) is 11.9. The first-order chi connectivity index (χ1) is 12.1. The fourth-order valence-corrected chi connectivity index (χ4v) is 3.66. The lowest BCUT2D eigenvalue weighted by atomic mass is 10.2. The molecule has 0 bridgehead atoms. The average Bonchev–Trinajstić information content (AvgIpc) is 3.14. The van der Waals surface area contributed by atoms with Crippen molar-refractivity contribution >= 4 is 43.6 Å². The lowest BCUT2D eigenvalue weighted by Gasteiger charge is -2.00. The summed E-state index contributed by atoms with van der Waals surface area (Å²) in [7, 11) is 0. The van der Waals surface area contributed by atoms with E-state index in [4.69, 9.17) is 4.42 Å². The number of aromatic nitrogens is 4. The minimum absolute atomic E-state index is 0.705. The second kappa shape index (κ2) is 5.13. The fraction of sp³-hybridized carbons (Fsp3) is 0.105. The van der Waals surface area contributed by atoms with E-state index in [-0.39, 0.29) is 0 Å². The third kappa shape index (κ3) is 2.17. The zero-order valence-electron chi connectivity index (χ0n) is 13.6. The standard InChI is InChI=1S/C19H13BrN4O/c1-10-7-11(2)22-18-17(10)19-21-6-5-14(24(19)23-18)16-9-12-8-13(20)3-4-15(12)25-16/h3-9H,1-2H3. The predicted molar refractivity (Wildman–Crippen MR) is 101 cm³/mol. The number of rotatable bonds is 1. The molecule has 5 rings (SSSR count). The highest BCUT2D eigenvalue weighted by molar-refractivity contribution is 9.10. The number of hydrogen-bond acceptors (Lipinski definition) is 4. The van der Waals surface area contributed by atoms with Crippen molar-refractivity contribution < 1.29 is 4.42 Å². The van der Waals surface area contributed by atoms with Crippen molar-refractivity contribution in [3.8, 4) is 11.5 Å². The molecule has 0 aliphatic rings. The Hall–Kier alpha value is -2.73. The molecule has 0 radical (unpaired) electrons. The summed E-state index contributed by atoms with van der Waals surface area (Å²) < 4.78 is 8.87. The van der Waals surface area contributed by atoms with E-state index < -0.39 is 0 Å². The van der Waals surface area contributed by atoms with E-state index in [1.165, 1.54) is 0 Å². The molecule has 4 heterocycles. The van der Waals surface area contributed by atoms with Gasteiger partial charge in [-0.2, -0.15) is 0 Å². The maximum absolute atomic E-state index is 6.04. The van der Waals surface area contributed by atoms with Gasteiger partial charge in [-0.1, -0.05) is 15.9 Å². The van der Waals surface area contributed by atoms with E-state index in [0.29, 0.717) is 5.65 Å². The molecule has 122 valence electrons. The van der Waals surface area contributed by atoms with Crippen LogP contribution in [0.15, 0.2) is 51.5 Å². The van der Waals surface area contributed by atoms with Crippen LogP contribution in [-0.4, -0.2) is 19.6 Å². The molecule has 0 atom stereocenters. The van der Waals surface area contributed by atoms with Gasteiger partial charge < -0.3 is 4.42 Å². The lowest BCUT2D eigenvalue weighted by molar-refractivity contribution is 0.625. The number of nitrogens with zero attached hydrogens (tertiary/aromatic N) is 4. The predicted octanol–water partition coefficient (Wildman–Crippen LogP) is 5.07. The first-order valence-electron chi connectivity index (χ1n) is 7.91. The van der Waals surface area contributed by atoms with E-state index in [2.05, 4.69) is 44.0 Å². The molecule has 0 spiro atoms.